The first-order valence-electron chi connectivity index (χ1n) is 11.4. The Labute approximate surface area is 192 Å². The summed E-state index contributed by atoms with van der Waals surface area (Å²) in [4.78, 5) is 11.4. The predicted molar refractivity (Wildman–Crippen MR) is 128 cm³/mol. The maximum absolute atomic E-state index is 11.4. The summed E-state index contributed by atoms with van der Waals surface area (Å²) in [5, 5.41) is 29.9. The van der Waals surface area contributed by atoms with E-state index < -0.39 is 17.7 Å². The summed E-state index contributed by atoms with van der Waals surface area (Å²) in [5.74, 6) is 0.112. The van der Waals surface area contributed by atoms with Crippen molar-refractivity contribution in [2.24, 2.45) is 0 Å². The van der Waals surface area contributed by atoms with Crippen molar-refractivity contribution in [1.29, 1.82) is 0 Å². The zero-order chi connectivity index (χ0) is 23.9. The third kappa shape index (κ3) is 7.27. The van der Waals surface area contributed by atoms with E-state index in [4.69, 9.17) is 4.74 Å². The Morgan fingerprint density at radius 1 is 1.12 bits per heavy atom. The first kappa shape index (κ1) is 25.7. The lowest BCUT2D eigenvalue weighted by Gasteiger charge is -2.40. The van der Waals surface area contributed by atoms with Crippen LogP contribution in [-0.4, -0.2) is 33.0 Å². The number of phenolic OH excluding ortho intramolecular Hbond substituents is 1. The number of hydrogen-bond donors (Lipinski definition) is 3. The zero-order valence-electron chi connectivity index (χ0n) is 20.1. The molecule has 1 aromatic carbocycles. The Kier molecular flexibility index (Phi) is 9.14. The number of fused-ring (bicyclic) bond motifs is 1. The van der Waals surface area contributed by atoms with Gasteiger partial charge < -0.3 is 20.1 Å². The average molecular weight is 443 g/mol. The van der Waals surface area contributed by atoms with Crippen LogP contribution in [0.25, 0.3) is 0 Å². The second-order valence-corrected chi connectivity index (χ2v) is 9.37. The van der Waals surface area contributed by atoms with Crippen LogP contribution in [0.2, 0.25) is 0 Å². The Hall–Kier alpha value is -2.53. The molecule has 0 saturated heterocycles. The number of rotatable bonds is 10. The Balaban J connectivity index is 1.91. The molecule has 2 unspecified atom stereocenters. The summed E-state index contributed by atoms with van der Waals surface area (Å²) in [6.45, 7) is 9.92. The standard InChI is InChI=1S/C27H38O5/c1-18(2)9-6-12-21(26(30)31)13-7-10-19(3)11-8-14-27(5)24(29)17-22-16-23(28)15-20(4)25(22)32-27/h9,11,13,15-16,24,28-29H,6-8,10,12,14,17H2,1-5H3,(H,30,31). The number of aromatic hydroxyl groups is 1. The van der Waals surface area contributed by atoms with Gasteiger partial charge in [0.2, 0.25) is 0 Å². The molecule has 2 atom stereocenters. The van der Waals surface area contributed by atoms with E-state index in [9.17, 15) is 20.1 Å². The molecular formula is C27H38O5. The summed E-state index contributed by atoms with van der Waals surface area (Å²) in [6.07, 6.45) is 10.1. The summed E-state index contributed by atoms with van der Waals surface area (Å²) in [6, 6.07) is 3.34. The Morgan fingerprint density at radius 2 is 1.81 bits per heavy atom. The Bertz CT molecular complexity index is 905. The number of carbonyl (C=O) groups is 1. The molecule has 5 nitrogen and oxygen atoms in total. The number of phenols is 1. The van der Waals surface area contributed by atoms with Gasteiger partial charge in [-0.25, -0.2) is 4.79 Å². The van der Waals surface area contributed by atoms with Gasteiger partial charge in [-0.15, -0.1) is 0 Å². The topological polar surface area (TPSA) is 87.0 Å². The lowest BCUT2D eigenvalue weighted by Crippen LogP contribution is -2.49. The van der Waals surface area contributed by atoms with Gasteiger partial charge in [0.1, 0.15) is 17.1 Å². The van der Waals surface area contributed by atoms with E-state index in [1.54, 1.807) is 12.1 Å². The van der Waals surface area contributed by atoms with Crippen LogP contribution < -0.4 is 4.74 Å². The quantitative estimate of drug-likeness (QED) is 0.305. The molecule has 5 heteroatoms. The third-order valence-corrected chi connectivity index (χ3v) is 6.09. The number of carboxylic acids is 1. The van der Waals surface area contributed by atoms with Gasteiger partial charge in [0.25, 0.3) is 0 Å². The largest absolute Gasteiger partial charge is 0.508 e. The number of aliphatic hydroxyl groups excluding tert-OH is 1. The molecule has 0 fully saturated rings. The highest BCUT2D eigenvalue weighted by Crippen LogP contribution is 2.40. The number of aliphatic hydroxyl groups is 1. The molecule has 1 heterocycles. The van der Waals surface area contributed by atoms with E-state index in [1.165, 1.54) is 11.1 Å². The number of aryl methyl sites for hydroxylation is 1. The van der Waals surface area contributed by atoms with Crippen molar-refractivity contribution in [3.05, 3.63) is 58.2 Å². The van der Waals surface area contributed by atoms with Gasteiger partial charge in [0.15, 0.2) is 0 Å². The molecule has 1 aliphatic rings. The highest BCUT2D eigenvalue weighted by molar-refractivity contribution is 5.86. The predicted octanol–water partition coefficient (Wildman–Crippen LogP) is 6.02. The fourth-order valence-electron chi connectivity index (χ4n) is 4.06. The fourth-order valence-corrected chi connectivity index (χ4v) is 4.06. The van der Waals surface area contributed by atoms with E-state index in [-0.39, 0.29) is 5.75 Å². The van der Waals surface area contributed by atoms with Crippen molar-refractivity contribution in [1.82, 2.24) is 0 Å². The molecule has 0 aromatic heterocycles. The first-order valence-corrected chi connectivity index (χ1v) is 11.4. The lowest BCUT2D eigenvalue weighted by atomic mass is 9.85. The second-order valence-electron chi connectivity index (χ2n) is 9.37. The summed E-state index contributed by atoms with van der Waals surface area (Å²) >= 11 is 0. The highest BCUT2D eigenvalue weighted by Gasteiger charge is 2.40. The van der Waals surface area contributed by atoms with Gasteiger partial charge in [0, 0.05) is 17.6 Å². The third-order valence-electron chi connectivity index (χ3n) is 6.09. The van der Waals surface area contributed by atoms with Crippen LogP contribution >= 0.6 is 0 Å². The molecule has 0 bridgehead atoms. The van der Waals surface area contributed by atoms with Crippen molar-refractivity contribution in [2.45, 2.75) is 91.3 Å². The number of benzene rings is 1. The van der Waals surface area contributed by atoms with Crippen molar-refractivity contribution in [3.63, 3.8) is 0 Å². The molecule has 0 saturated carbocycles. The highest BCUT2D eigenvalue weighted by atomic mass is 16.5. The molecule has 0 amide bonds. The van der Waals surface area contributed by atoms with Crippen LogP contribution in [0.1, 0.15) is 77.3 Å². The summed E-state index contributed by atoms with van der Waals surface area (Å²) in [5.41, 5.74) is 3.89. The van der Waals surface area contributed by atoms with Gasteiger partial charge in [-0.1, -0.05) is 29.4 Å². The first-order chi connectivity index (χ1) is 15.0. The van der Waals surface area contributed by atoms with Crippen molar-refractivity contribution in [3.8, 4) is 11.5 Å². The van der Waals surface area contributed by atoms with Crippen molar-refractivity contribution < 1.29 is 24.9 Å². The molecule has 1 aromatic rings. The normalized spacial score (nSPS) is 21.0. The van der Waals surface area contributed by atoms with Crippen LogP contribution in [0.15, 0.2) is 47.1 Å². The second kappa shape index (κ2) is 11.4. The molecule has 32 heavy (non-hydrogen) atoms. The van der Waals surface area contributed by atoms with Gasteiger partial charge >= 0.3 is 5.97 Å². The van der Waals surface area contributed by atoms with E-state index in [0.717, 1.165) is 36.1 Å². The molecule has 0 aliphatic carbocycles. The number of hydrogen-bond acceptors (Lipinski definition) is 4. The smallest absolute Gasteiger partial charge is 0.331 e. The minimum atomic E-state index is -0.839. The van der Waals surface area contributed by atoms with E-state index in [1.807, 2.05) is 33.8 Å². The fraction of sp³-hybridized carbons (Fsp3) is 0.519. The number of allylic oxidation sites excluding steroid dienone is 5. The van der Waals surface area contributed by atoms with E-state index in [2.05, 4.69) is 19.1 Å². The zero-order valence-corrected chi connectivity index (χ0v) is 20.1. The van der Waals surface area contributed by atoms with E-state index >= 15 is 0 Å². The molecule has 176 valence electrons. The minimum Gasteiger partial charge on any atom is -0.508 e. The lowest BCUT2D eigenvalue weighted by molar-refractivity contribution is -0.132. The Morgan fingerprint density at radius 3 is 2.47 bits per heavy atom. The van der Waals surface area contributed by atoms with E-state index in [0.29, 0.717) is 31.3 Å². The van der Waals surface area contributed by atoms with Gasteiger partial charge in [-0.05, 0) is 90.8 Å². The number of carboxylic acid groups (broad SMARTS) is 1. The molecular weight excluding hydrogens is 404 g/mol. The van der Waals surface area contributed by atoms with Crippen LogP contribution in [0.5, 0.6) is 11.5 Å². The summed E-state index contributed by atoms with van der Waals surface area (Å²) in [7, 11) is 0. The molecule has 3 N–H and O–H groups in total. The van der Waals surface area contributed by atoms with Gasteiger partial charge in [0.05, 0.1) is 6.10 Å². The van der Waals surface area contributed by atoms with Crippen molar-refractivity contribution in [2.75, 3.05) is 0 Å². The minimum absolute atomic E-state index is 0.191. The van der Waals surface area contributed by atoms with Crippen LogP contribution in [0.3, 0.4) is 0 Å². The molecule has 2 rings (SSSR count). The maximum atomic E-state index is 11.4. The number of aliphatic carboxylic acids is 1. The van der Waals surface area contributed by atoms with Crippen LogP contribution in [0, 0.1) is 6.92 Å². The van der Waals surface area contributed by atoms with Crippen LogP contribution in [0.4, 0.5) is 0 Å². The van der Waals surface area contributed by atoms with Gasteiger partial charge in [-0.2, -0.15) is 0 Å². The summed E-state index contributed by atoms with van der Waals surface area (Å²) < 4.78 is 6.22. The SMILES string of the molecule is CC(C)=CCCC(=CCCC(C)=CCCC1(C)Oc2c(C)cc(O)cc2CC1O)C(=O)O. The van der Waals surface area contributed by atoms with Crippen molar-refractivity contribution >= 4 is 5.97 Å². The number of ether oxygens (including phenoxy) is 1. The average Bonchev–Trinajstić information content (AvgIpc) is 2.68. The molecule has 1 aliphatic heterocycles. The monoisotopic (exact) mass is 442 g/mol. The van der Waals surface area contributed by atoms with Crippen LogP contribution in [-0.2, 0) is 11.2 Å². The molecule has 0 spiro atoms. The maximum Gasteiger partial charge on any atom is 0.331 e. The van der Waals surface area contributed by atoms with Gasteiger partial charge in [-0.3, -0.25) is 0 Å². The molecule has 0 radical (unpaired) electrons.